The van der Waals surface area contributed by atoms with E-state index in [9.17, 15) is 0 Å². The molecule has 0 amide bonds. The van der Waals surface area contributed by atoms with Crippen molar-refractivity contribution in [2.45, 2.75) is 52.0 Å². The van der Waals surface area contributed by atoms with E-state index in [1.807, 2.05) is 0 Å². The van der Waals surface area contributed by atoms with Gasteiger partial charge in [-0.25, -0.2) is 0 Å². The van der Waals surface area contributed by atoms with Gasteiger partial charge in [-0.05, 0) is 44.9 Å². The van der Waals surface area contributed by atoms with E-state index >= 15 is 0 Å². The molecule has 0 aromatic rings. The van der Waals surface area contributed by atoms with E-state index in [4.69, 9.17) is 0 Å². The van der Waals surface area contributed by atoms with E-state index in [2.05, 4.69) is 25.6 Å². The Morgan fingerprint density at radius 3 is 2.92 bits per heavy atom. The number of allylic oxidation sites excluding steroid dienone is 1. The molecule has 1 atom stereocenters. The average molecular weight is 165 g/mol. The van der Waals surface area contributed by atoms with Crippen LogP contribution in [0.25, 0.3) is 0 Å². The van der Waals surface area contributed by atoms with Crippen molar-refractivity contribution < 1.29 is 0 Å². The van der Waals surface area contributed by atoms with Gasteiger partial charge in [0.15, 0.2) is 0 Å². The van der Waals surface area contributed by atoms with Crippen molar-refractivity contribution >= 4 is 6.72 Å². The Bertz CT molecular complexity index is 191. The van der Waals surface area contributed by atoms with E-state index < -0.39 is 0 Å². The molecule has 1 aliphatic carbocycles. The molecule has 1 unspecified atom stereocenters. The van der Waals surface area contributed by atoms with Crippen LogP contribution in [0.5, 0.6) is 0 Å². The van der Waals surface area contributed by atoms with Crippen LogP contribution in [0.4, 0.5) is 0 Å². The Labute approximate surface area is 75.6 Å². The Hall–Kier alpha value is -0.590. The molecule has 0 saturated carbocycles. The van der Waals surface area contributed by atoms with Crippen LogP contribution in [0.3, 0.4) is 0 Å². The molecule has 0 heterocycles. The minimum Gasteiger partial charge on any atom is -0.293 e. The molecule has 1 aliphatic rings. The highest BCUT2D eigenvalue weighted by Gasteiger charge is 2.17. The average Bonchev–Trinajstić information content (AvgIpc) is 2.09. The highest BCUT2D eigenvalue weighted by Crippen LogP contribution is 2.29. The summed E-state index contributed by atoms with van der Waals surface area (Å²) < 4.78 is 0. The summed E-state index contributed by atoms with van der Waals surface area (Å²) in [7, 11) is 0. The van der Waals surface area contributed by atoms with Gasteiger partial charge in [-0.15, -0.1) is 0 Å². The third-order valence-corrected chi connectivity index (χ3v) is 2.79. The first-order valence-electron chi connectivity index (χ1n) is 4.94. The maximum atomic E-state index is 4.15. The second-order valence-electron chi connectivity index (χ2n) is 3.63. The van der Waals surface area contributed by atoms with Crippen LogP contribution in [0.1, 0.15) is 46.0 Å². The Balaban J connectivity index is 2.72. The van der Waals surface area contributed by atoms with E-state index in [0.29, 0.717) is 6.04 Å². The summed E-state index contributed by atoms with van der Waals surface area (Å²) in [6.07, 6.45) is 6.33. The van der Waals surface area contributed by atoms with Crippen molar-refractivity contribution in [3.8, 4) is 0 Å². The van der Waals surface area contributed by atoms with Crippen LogP contribution >= 0.6 is 0 Å². The first-order valence-corrected chi connectivity index (χ1v) is 4.94. The normalized spacial score (nSPS) is 24.3. The van der Waals surface area contributed by atoms with Gasteiger partial charge in [-0.1, -0.05) is 18.9 Å². The lowest BCUT2D eigenvalue weighted by Gasteiger charge is -2.23. The van der Waals surface area contributed by atoms with Gasteiger partial charge >= 0.3 is 0 Å². The molecule has 0 aromatic heterocycles. The molecule has 0 aliphatic heterocycles. The zero-order chi connectivity index (χ0) is 8.97. The molecule has 0 fully saturated rings. The maximum Gasteiger partial charge on any atom is 0.0701 e. The molecular formula is C11H19N. The smallest absolute Gasteiger partial charge is 0.0701 e. The van der Waals surface area contributed by atoms with Gasteiger partial charge in [0.05, 0.1) is 6.04 Å². The predicted molar refractivity (Wildman–Crippen MR) is 54.8 cm³/mol. The fourth-order valence-electron chi connectivity index (χ4n) is 2.01. The van der Waals surface area contributed by atoms with Crippen LogP contribution in [0.2, 0.25) is 0 Å². The second-order valence-corrected chi connectivity index (χ2v) is 3.63. The fourth-order valence-corrected chi connectivity index (χ4v) is 2.01. The Kier molecular flexibility index (Phi) is 3.51. The summed E-state index contributed by atoms with van der Waals surface area (Å²) in [5.41, 5.74) is 3.14. The predicted octanol–water partition coefficient (Wildman–Crippen LogP) is 3.36. The molecule has 0 spiro atoms. The van der Waals surface area contributed by atoms with Crippen molar-refractivity contribution in [1.29, 1.82) is 0 Å². The lowest BCUT2D eigenvalue weighted by Crippen LogP contribution is -2.13. The quantitative estimate of drug-likeness (QED) is 0.449. The van der Waals surface area contributed by atoms with Gasteiger partial charge < -0.3 is 0 Å². The van der Waals surface area contributed by atoms with Crippen LogP contribution in [0.15, 0.2) is 16.1 Å². The van der Waals surface area contributed by atoms with E-state index in [-0.39, 0.29) is 0 Å². The number of aliphatic imine (C=N–C) groups is 1. The first kappa shape index (κ1) is 9.50. The van der Waals surface area contributed by atoms with Gasteiger partial charge in [0.1, 0.15) is 0 Å². The van der Waals surface area contributed by atoms with Crippen molar-refractivity contribution in [2.75, 3.05) is 0 Å². The summed E-state index contributed by atoms with van der Waals surface area (Å²) in [5, 5.41) is 0. The Morgan fingerprint density at radius 1 is 1.58 bits per heavy atom. The largest absolute Gasteiger partial charge is 0.293 e. The number of hydrogen-bond acceptors (Lipinski definition) is 1. The van der Waals surface area contributed by atoms with Gasteiger partial charge in [-0.2, -0.15) is 0 Å². The zero-order valence-corrected chi connectivity index (χ0v) is 8.27. The summed E-state index contributed by atoms with van der Waals surface area (Å²) in [5.74, 6) is 0. The van der Waals surface area contributed by atoms with Crippen LogP contribution in [-0.2, 0) is 0 Å². The molecule has 0 bridgehead atoms. The van der Waals surface area contributed by atoms with E-state index in [1.165, 1.54) is 37.7 Å². The lowest BCUT2D eigenvalue weighted by atomic mass is 9.87. The molecule has 1 rings (SSSR count). The molecular weight excluding hydrogens is 146 g/mol. The van der Waals surface area contributed by atoms with E-state index in [1.54, 1.807) is 5.57 Å². The molecule has 0 N–H and O–H groups in total. The summed E-state index contributed by atoms with van der Waals surface area (Å²) in [6, 6.07) is 0.431. The SMILES string of the molecule is C=NC1CCCC(CCC)=C1C. The summed E-state index contributed by atoms with van der Waals surface area (Å²) in [6.45, 7) is 8.11. The first-order chi connectivity index (χ1) is 5.79. The number of nitrogens with zero attached hydrogens (tertiary/aromatic N) is 1. The molecule has 12 heavy (non-hydrogen) atoms. The van der Waals surface area contributed by atoms with Crippen LogP contribution in [0, 0.1) is 0 Å². The van der Waals surface area contributed by atoms with Crippen molar-refractivity contribution in [2.24, 2.45) is 4.99 Å². The van der Waals surface area contributed by atoms with Crippen molar-refractivity contribution in [1.82, 2.24) is 0 Å². The molecule has 0 aromatic carbocycles. The molecule has 0 radical (unpaired) electrons. The second kappa shape index (κ2) is 4.44. The highest BCUT2D eigenvalue weighted by molar-refractivity contribution is 5.30. The van der Waals surface area contributed by atoms with Gasteiger partial charge in [0.25, 0.3) is 0 Å². The van der Waals surface area contributed by atoms with Crippen LogP contribution < -0.4 is 0 Å². The van der Waals surface area contributed by atoms with Crippen molar-refractivity contribution in [3.63, 3.8) is 0 Å². The molecule has 1 nitrogen and oxygen atoms in total. The molecule has 68 valence electrons. The Morgan fingerprint density at radius 2 is 2.33 bits per heavy atom. The minimum absolute atomic E-state index is 0.431. The van der Waals surface area contributed by atoms with Gasteiger partial charge in [0.2, 0.25) is 0 Å². The zero-order valence-electron chi connectivity index (χ0n) is 8.27. The van der Waals surface area contributed by atoms with E-state index in [0.717, 1.165) is 0 Å². The standard InChI is InChI=1S/C11H19N/c1-4-6-10-7-5-8-11(12-3)9(10)2/h11H,3-8H2,1-2H3. The fraction of sp³-hybridized carbons (Fsp3) is 0.727. The van der Waals surface area contributed by atoms with Crippen LogP contribution in [-0.4, -0.2) is 12.8 Å². The summed E-state index contributed by atoms with van der Waals surface area (Å²) >= 11 is 0. The summed E-state index contributed by atoms with van der Waals surface area (Å²) in [4.78, 5) is 4.15. The van der Waals surface area contributed by atoms with Gasteiger partial charge in [0, 0.05) is 0 Å². The monoisotopic (exact) mass is 165 g/mol. The molecule has 0 saturated heterocycles. The van der Waals surface area contributed by atoms with Gasteiger partial charge in [-0.3, -0.25) is 4.99 Å². The number of rotatable bonds is 3. The topological polar surface area (TPSA) is 12.4 Å². The number of hydrogen-bond donors (Lipinski definition) is 0. The maximum absolute atomic E-state index is 4.15. The highest BCUT2D eigenvalue weighted by atomic mass is 14.7. The third kappa shape index (κ3) is 1.96. The van der Waals surface area contributed by atoms with Crippen molar-refractivity contribution in [3.05, 3.63) is 11.1 Å². The third-order valence-electron chi connectivity index (χ3n) is 2.79. The lowest BCUT2D eigenvalue weighted by molar-refractivity contribution is 0.581. The minimum atomic E-state index is 0.431. The molecule has 1 heteroatoms.